The molecule has 1 aromatic carbocycles. The van der Waals surface area contributed by atoms with Crippen LogP contribution >= 0.6 is 0 Å². The Kier molecular flexibility index (Phi) is 4.97. The van der Waals surface area contributed by atoms with Crippen molar-refractivity contribution in [3.05, 3.63) is 34.6 Å². The van der Waals surface area contributed by atoms with E-state index in [1.54, 1.807) is 6.92 Å². The largest absolute Gasteiger partial charge is 0.507 e. The van der Waals surface area contributed by atoms with E-state index in [2.05, 4.69) is 15.5 Å². The Morgan fingerprint density at radius 3 is 2.78 bits per heavy atom. The molecule has 2 aromatic rings. The van der Waals surface area contributed by atoms with E-state index >= 15 is 0 Å². The molecule has 4 rings (SSSR count). The van der Waals surface area contributed by atoms with E-state index in [0.717, 1.165) is 36.8 Å². The molecule has 1 aliphatic heterocycles. The Bertz CT molecular complexity index is 836. The van der Waals surface area contributed by atoms with Gasteiger partial charge >= 0.3 is 0 Å². The lowest BCUT2D eigenvalue weighted by Crippen LogP contribution is -2.37. The van der Waals surface area contributed by atoms with Crippen LogP contribution in [0.3, 0.4) is 0 Å². The van der Waals surface area contributed by atoms with Gasteiger partial charge < -0.3 is 20.3 Å². The molecule has 3 N–H and O–H groups in total. The minimum atomic E-state index is -0.515. The Balaban J connectivity index is 1.76. The Labute approximate surface area is 157 Å². The van der Waals surface area contributed by atoms with Crippen LogP contribution in [-0.2, 0) is 17.8 Å². The number of phenols is 1. The Morgan fingerprint density at radius 2 is 2.00 bits per heavy atom. The summed E-state index contributed by atoms with van der Waals surface area (Å²) in [5, 5.41) is 32.4. The SMILES string of the molecule is Cc1cc(O)c(-c2nnc(N[C@@H]3CCCC[C@H]3O)c3c2CCOC3)c(F)c1. The minimum Gasteiger partial charge on any atom is -0.507 e. The molecule has 144 valence electrons. The number of ether oxygens (including phenoxy) is 1. The van der Waals surface area contributed by atoms with Crippen LogP contribution < -0.4 is 5.32 Å². The van der Waals surface area contributed by atoms with Crippen LogP contribution in [0.15, 0.2) is 12.1 Å². The maximum absolute atomic E-state index is 14.6. The average molecular weight is 373 g/mol. The zero-order valence-corrected chi connectivity index (χ0v) is 15.3. The van der Waals surface area contributed by atoms with Crippen molar-refractivity contribution in [2.45, 2.75) is 57.8 Å². The molecule has 6 nitrogen and oxygen atoms in total. The van der Waals surface area contributed by atoms with Crippen molar-refractivity contribution < 1.29 is 19.3 Å². The van der Waals surface area contributed by atoms with Crippen molar-refractivity contribution in [1.29, 1.82) is 0 Å². The summed E-state index contributed by atoms with van der Waals surface area (Å²) >= 11 is 0. The number of aliphatic hydroxyl groups excluding tert-OH is 1. The van der Waals surface area contributed by atoms with Gasteiger partial charge in [0.05, 0.1) is 30.9 Å². The molecule has 2 heterocycles. The van der Waals surface area contributed by atoms with E-state index in [0.29, 0.717) is 36.7 Å². The summed E-state index contributed by atoms with van der Waals surface area (Å²) in [6.07, 6.45) is 3.87. The first kappa shape index (κ1) is 18.1. The maximum Gasteiger partial charge on any atom is 0.154 e. The number of aromatic nitrogens is 2. The molecule has 1 aliphatic carbocycles. The van der Waals surface area contributed by atoms with E-state index in [4.69, 9.17) is 4.74 Å². The van der Waals surface area contributed by atoms with E-state index in [-0.39, 0.29) is 17.4 Å². The average Bonchev–Trinajstić information content (AvgIpc) is 2.64. The monoisotopic (exact) mass is 373 g/mol. The smallest absolute Gasteiger partial charge is 0.154 e. The maximum atomic E-state index is 14.6. The quantitative estimate of drug-likeness (QED) is 0.766. The number of aryl methyl sites for hydroxylation is 1. The van der Waals surface area contributed by atoms with Gasteiger partial charge in [-0.15, -0.1) is 10.2 Å². The van der Waals surface area contributed by atoms with Gasteiger partial charge in [0.15, 0.2) is 5.82 Å². The fraction of sp³-hybridized carbons (Fsp3) is 0.500. The summed E-state index contributed by atoms with van der Waals surface area (Å²) in [4.78, 5) is 0. The van der Waals surface area contributed by atoms with Crippen LogP contribution in [0.25, 0.3) is 11.3 Å². The fourth-order valence-electron chi connectivity index (χ4n) is 4.01. The molecule has 1 fully saturated rings. The fourth-order valence-corrected chi connectivity index (χ4v) is 4.01. The molecular weight excluding hydrogens is 349 g/mol. The second kappa shape index (κ2) is 7.40. The van der Waals surface area contributed by atoms with Gasteiger partial charge in [-0.25, -0.2) is 4.39 Å². The van der Waals surface area contributed by atoms with Crippen molar-refractivity contribution >= 4 is 5.82 Å². The Hall–Kier alpha value is -2.25. The van der Waals surface area contributed by atoms with E-state index in [1.165, 1.54) is 12.1 Å². The zero-order valence-electron chi connectivity index (χ0n) is 15.3. The van der Waals surface area contributed by atoms with Crippen molar-refractivity contribution in [2.75, 3.05) is 11.9 Å². The summed E-state index contributed by atoms with van der Waals surface area (Å²) in [5.74, 6) is -0.0794. The summed E-state index contributed by atoms with van der Waals surface area (Å²) in [6, 6.07) is 2.83. The lowest BCUT2D eigenvalue weighted by molar-refractivity contribution is 0.108. The number of aromatic hydroxyl groups is 1. The van der Waals surface area contributed by atoms with Crippen molar-refractivity contribution in [2.24, 2.45) is 0 Å². The van der Waals surface area contributed by atoms with Crippen LogP contribution in [0.4, 0.5) is 10.2 Å². The molecule has 2 atom stereocenters. The van der Waals surface area contributed by atoms with Gasteiger partial charge in [0.1, 0.15) is 17.3 Å². The van der Waals surface area contributed by atoms with Crippen LogP contribution in [0.2, 0.25) is 0 Å². The number of rotatable bonds is 3. The number of phenolic OH excluding ortho intramolecular Hbond substituents is 1. The topological polar surface area (TPSA) is 87.5 Å². The number of nitrogens with zero attached hydrogens (tertiary/aromatic N) is 2. The summed E-state index contributed by atoms with van der Waals surface area (Å²) in [7, 11) is 0. The van der Waals surface area contributed by atoms with Gasteiger partial charge in [0.25, 0.3) is 0 Å². The number of fused-ring (bicyclic) bond motifs is 1. The lowest BCUT2D eigenvalue weighted by atomic mass is 9.92. The highest BCUT2D eigenvalue weighted by molar-refractivity contribution is 5.73. The molecule has 0 unspecified atom stereocenters. The van der Waals surface area contributed by atoms with Crippen LogP contribution in [0.5, 0.6) is 5.75 Å². The van der Waals surface area contributed by atoms with Gasteiger partial charge in [-0.2, -0.15) is 0 Å². The molecule has 27 heavy (non-hydrogen) atoms. The van der Waals surface area contributed by atoms with Crippen molar-refractivity contribution in [1.82, 2.24) is 10.2 Å². The third-order valence-electron chi connectivity index (χ3n) is 5.43. The van der Waals surface area contributed by atoms with E-state index in [1.807, 2.05) is 0 Å². The number of anilines is 1. The third kappa shape index (κ3) is 3.49. The van der Waals surface area contributed by atoms with Gasteiger partial charge in [-0.05, 0) is 49.4 Å². The second-order valence-corrected chi connectivity index (χ2v) is 7.40. The van der Waals surface area contributed by atoms with Gasteiger partial charge in [-0.1, -0.05) is 12.8 Å². The number of nitrogens with one attached hydrogen (secondary N) is 1. The van der Waals surface area contributed by atoms with Crippen molar-refractivity contribution in [3.63, 3.8) is 0 Å². The first-order valence-electron chi connectivity index (χ1n) is 9.45. The molecule has 0 radical (unpaired) electrons. The molecule has 0 saturated heterocycles. The number of hydrogen-bond donors (Lipinski definition) is 3. The van der Waals surface area contributed by atoms with E-state index < -0.39 is 11.9 Å². The summed E-state index contributed by atoms with van der Waals surface area (Å²) < 4.78 is 20.2. The van der Waals surface area contributed by atoms with E-state index in [9.17, 15) is 14.6 Å². The number of benzene rings is 1. The number of aliphatic hydroxyl groups is 1. The predicted octanol–water partition coefficient (Wildman–Crippen LogP) is 3.08. The molecule has 0 spiro atoms. The molecule has 0 amide bonds. The first-order valence-corrected chi connectivity index (χ1v) is 9.45. The van der Waals surface area contributed by atoms with Gasteiger partial charge in [0.2, 0.25) is 0 Å². The van der Waals surface area contributed by atoms with Crippen LogP contribution in [-0.4, -0.2) is 39.2 Å². The molecule has 2 aliphatic rings. The molecule has 7 heteroatoms. The highest BCUT2D eigenvalue weighted by Crippen LogP contribution is 2.38. The van der Waals surface area contributed by atoms with Gasteiger partial charge in [-0.3, -0.25) is 0 Å². The second-order valence-electron chi connectivity index (χ2n) is 7.40. The zero-order chi connectivity index (χ0) is 19.0. The minimum absolute atomic E-state index is 0.0746. The standard InChI is InChI=1S/C20H24FN3O3/c1-11-8-14(21)18(17(26)9-11)19-12-6-7-27-10-13(12)20(24-23-19)22-15-4-2-3-5-16(15)25/h8-9,15-16,25-26H,2-7,10H2,1H3,(H,22,24)/t15-,16-/m1/s1. The highest BCUT2D eigenvalue weighted by Gasteiger charge is 2.28. The predicted molar refractivity (Wildman–Crippen MR) is 99.1 cm³/mol. The molecule has 0 bridgehead atoms. The third-order valence-corrected chi connectivity index (χ3v) is 5.43. The first-order chi connectivity index (χ1) is 13.0. The molecule has 1 aromatic heterocycles. The number of halogens is 1. The van der Waals surface area contributed by atoms with Crippen molar-refractivity contribution in [3.8, 4) is 17.0 Å². The Morgan fingerprint density at radius 1 is 1.19 bits per heavy atom. The highest BCUT2D eigenvalue weighted by atomic mass is 19.1. The lowest BCUT2D eigenvalue weighted by Gasteiger charge is -2.30. The molecule has 1 saturated carbocycles. The molecular formula is C20H24FN3O3. The summed E-state index contributed by atoms with van der Waals surface area (Å²) in [5.41, 5.74) is 2.74. The summed E-state index contributed by atoms with van der Waals surface area (Å²) in [6.45, 7) is 2.58. The van der Waals surface area contributed by atoms with Gasteiger partial charge in [0, 0.05) is 5.56 Å². The van der Waals surface area contributed by atoms with Crippen LogP contribution in [0, 0.1) is 12.7 Å². The normalized spacial score (nSPS) is 22.3. The number of hydrogen-bond acceptors (Lipinski definition) is 6. The van der Waals surface area contributed by atoms with Crippen LogP contribution in [0.1, 0.15) is 42.4 Å².